The molecule has 2 unspecified atom stereocenters. The zero-order chi connectivity index (χ0) is 17.1. The zero-order valence-corrected chi connectivity index (χ0v) is 13.7. The van der Waals surface area contributed by atoms with Gasteiger partial charge in [0.15, 0.2) is 0 Å². The van der Waals surface area contributed by atoms with Crippen LogP contribution in [0.1, 0.15) is 35.4 Å². The number of nitrogens with one attached hydrogen (secondary N) is 1. The number of rotatable bonds is 5. The maximum absolute atomic E-state index is 12.6. The Balaban J connectivity index is 1.41. The van der Waals surface area contributed by atoms with Crippen LogP contribution in [-0.2, 0) is 11.3 Å². The molecule has 1 fully saturated rings. The van der Waals surface area contributed by atoms with Crippen molar-refractivity contribution < 1.29 is 14.1 Å². The van der Waals surface area contributed by atoms with Crippen molar-refractivity contribution in [2.75, 3.05) is 0 Å². The molecule has 1 aliphatic carbocycles. The van der Waals surface area contributed by atoms with Gasteiger partial charge in [0.2, 0.25) is 11.4 Å². The largest absolute Gasteiger partial charge is 0.371 e. The Bertz CT molecular complexity index is 862. The second kappa shape index (κ2) is 7.03. The summed E-state index contributed by atoms with van der Waals surface area (Å²) in [6.07, 6.45) is 4.50. The molecule has 6 heteroatoms. The summed E-state index contributed by atoms with van der Waals surface area (Å²) in [5.41, 5.74) is 1.57. The van der Waals surface area contributed by atoms with Crippen molar-refractivity contribution in [1.82, 2.24) is 15.5 Å². The third-order valence-corrected chi connectivity index (χ3v) is 4.54. The van der Waals surface area contributed by atoms with Gasteiger partial charge in [0.05, 0.1) is 24.1 Å². The molecule has 3 aromatic rings. The maximum Gasteiger partial charge on any atom is 0.290 e. The SMILES string of the molecule is O=C(NC1CCCC1OCc1ccccc1)c1onc2ncccc12. The summed E-state index contributed by atoms with van der Waals surface area (Å²) in [6, 6.07) is 13.6. The van der Waals surface area contributed by atoms with E-state index in [1.54, 1.807) is 18.3 Å². The molecule has 25 heavy (non-hydrogen) atoms. The normalized spacial score (nSPS) is 20.0. The molecule has 1 saturated carbocycles. The van der Waals surface area contributed by atoms with Gasteiger partial charge in [0, 0.05) is 6.20 Å². The van der Waals surface area contributed by atoms with Crippen LogP contribution in [0.4, 0.5) is 0 Å². The second-order valence-corrected chi connectivity index (χ2v) is 6.23. The average Bonchev–Trinajstić information content (AvgIpc) is 3.27. The van der Waals surface area contributed by atoms with Gasteiger partial charge in [-0.3, -0.25) is 4.79 Å². The maximum atomic E-state index is 12.6. The number of benzene rings is 1. The Morgan fingerprint density at radius 1 is 1.20 bits per heavy atom. The molecular formula is C19H19N3O3. The van der Waals surface area contributed by atoms with Crippen molar-refractivity contribution in [3.63, 3.8) is 0 Å². The summed E-state index contributed by atoms with van der Waals surface area (Å²) in [6.45, 7) is 0.549. The first kappa shape index (κ1) is 15.8. The average molecular weight is 337 g/mol. The number of carbonyl (C=O) groups is 1. The highest BCUT2D eigenvalue weighted by molar-refractivity contribution is 6.02. The fourth-order valence-electron chi connectivity index (χ4n) is 3.25. The van der Waals surface area contributed by atoms with E-state index in [9.17, 15) is 4.79 Å². The van der Waals surface area contributed by atoms with Crippen molar-refractivity contribution in [3.8, 4) is 0 Å². The van der Waals surface area contributed by atoms with Crippen LogP contribution < -0.4 is 5.32 Å². The molecule has 4 rings (SSSR count). The molecule has 0 radical (unpaired) electrons. The number of nitrogens with zero attached hydrogens (tertiary/aromatic N) is 2. The number of carbonyl (C=O) groups excluding carboxylic acids is 1. The summed E-state index contributed by atoms with van der Waals surface area (Å²) in [7, 11) is 0. The van der Waals surface area contributed by atoms with Crippen LogP contribution in [0.3, 0.4) is 0 Å². The highest BCUT2D eigenvalue weighted by Gasteiger charge is 2.31. The first-order valence-electron chi connectivity index (χ1n) is 8.48. The zero-order valence-electron chi connectivity index (χ0n) is 13.7. The van der Waals surface area contributed by atoms with Gasteiger partial charge in [-0.05, 0) is 37.0 Å². The molecule has 2 atom stereocenters. The van der Waals surface area contributed by atoms with Crippen molar-refractivity contribution in [2.45, 2.75) is 38.0 Å². The molecule has 6 nitrogen and oxygen atoms in total. The number of aromatic nitrogens is 2. The number of amides is 1. The second-order valence-electron chi connectivity index (χ2n) is 6.23. The first-order chi connectivity index (χ1) is 12.3. The molecule has 0 aliphatic heterocycles. The lowest BCUT2D eigenvalue weighted by Crippen LogP contribution is -2.41. The van der Waals surface area contributed by atoms with E-state index in [1.165, 1.54) is 0 Å². The Morgan fingerprint density at radius 2 is 2.08 bits per heavy atom. The molecule has 0 spiro atoms. The number of hydrogen-bond acceptors (Lipinski definition) is 5. The monoisotopic (exact) mass is 337 g/mol. The summed E-state index contributed by atoms with van der Waals surface area (Å²) in [5, 5.41) is 7.49. The van der Waals surface area contributed by atoms with E-state index in [2.05, 4.69) is 15.5 Å². The van der Waals surface area contributed by atoms with Gasteiger partial charge in [0.1, 0.15) is 0 Å². The number of ether oxygens (including phenoxy) is 1. The van der Waals surface area contributed by atoms with Crippen LogP contribution in [0.5, 0.6) is 0 Å². The molecular weight excluding hydrogens is 318 g/mol. The molecule has 1 N–H and O–H groups in total. The molecule has 1 aromatic carbocycles. The minimum atomic E-state index is -0.268. The fraction of sp³-hybridized carbons (Fsp3) is 0.316. The predicted octanol–water partition coefficient (Wildman–Crippen LogP) is 3.09. The molecule has 0 bridgehead atoms. The fourth-order valence-corrected chi connectivity index (χ4v) is 3.25. The van der Waals surface area contributed by atoms with Crippen LogP contribution in [0, 0.1) is 0 Å². The standard InChI is InChI=1S/C19H19N3O3/c23-19(17-14-8-5-11-20-18(14)22-25-17)21-15-9-4-10-16(15)24-12-13-6-2-1-3-7-13/h1-3,5-8,11,15-16H,4,9-10,12H2,(H,21,23). The molecule has 128 valence electrons. The van der Waals surface area contributed by atoms with E-state index < -0.39 is 0 Å². The molecule has 2 heterocycles. The van der Waals surface area contributed by atoms with Crippen LogP contribution in [0.2, 0.25) is 0 Å². The third kappa shape index (κ3) is 3.39. The topological polar surface area (TPSA) is 77.2 Å². The van der Waals surface area contributed by atoms with Gasteiger partial charge in [-0.15, -0.1) is 0 Å². The van der Waals surface area contributed by atoms with Crippen LogP contribution in [0.15, 0.2) is 53.2 Å². The molecule has 1 aliphatic rings. The van der Waals surface area contributed by atoms with E-state index >= 15 is 0 Å². The Morgan fingerprint density at radius 3 is 2.96 bits per heavy atom. The van der Waals surface area contributed by atoms with E-state index in [4.69, 9.17) is 9.26 Å². The number of hydrogen-bond donors (Lipinski definition) is 1. The van der Waals surface area contributed by atoms with E-state index in [0.29, 0.717) is 17.6 Å². The van der Waals surface area contributed by atoms with Crippen molar-refractivity contribution in [2.24, 2.45) is 0 Å². The lowest BCUT2D eigenvalue weighted by molar-refractivity contribution is 0.0268. The van der Waals surface area contributed by atoms with Crippen molar-refractivity contribution >= 4 is 16.9 Å². The summed E-state index contributed by atoms with van der Waals surface area (Å²) in [5.74, 6) is -0.0625. The van der Waals surface area contributed by atoms with E-state index in [-0.39, 0.29) is 23.8 Å². The van der Waals surface area contributed by atoms with Crippen molar-refractivity contribution in [3.05, 3.63) is 60.0 Å². The van der Waals surface area contributed by atoms with Crippen molar-refractivity contribution in [1.29, 1.82) is 0 Å². The Hall–Kier alpha value is -2.73. The third-order valence-electron chi connectivity index (χ3n) is 4.54. The van der Waals surface area contributed by atoms with Gasteiger partial charge in [0.25, 0.3) is 5.91 Å². The summed E-state index contributed by atoms with van der Waals surface area (Å²) >= 11 is 0. The minimum absolute atomic E-state index is 0.0106. The van der Waals surface area contributed by atoms with E-state index in [0.717, 1.165) is 24.8 Å². The smallest absolute Gasteiger partial charge is 0.290 e. The van der Waals surface area contributed by atoms with E-state index in [1.807, 2.05) is 30.3 Å². The molecule has 0 saturated heterocycles. The van der Waals surface area contributed by atoms with Crippen LogP contribution >= 0.6 is 0 Å². The van der Waals surface area contributed by atoms with Gasteiger partial charge in [-0.1, -0.05) is 35.5 Å². The molecule has 2 aromatic heterocycles. The number of fused-ring (bicyclic) bond motifs is 1. The van der Waals surface area contributed by atoms with Crippen LogP contribution in [-0.4, -0.2) is 28.2 Å². The lowest BCUT2D eigenvalue weighted by atomic mass is 10.2. The van der Waals surface area contributed by atoms with Gasteiger partial charge >= 0.3 is 0 Å². The number of pyridine rings is 1. The van der Waals surface area contributed by atoms with Crippen LogP contribution in [0.25, 0.3) is 11.0 Å². The summed E-state index contributed by atoms with van der Waals surface area (Å²) in [4.78, 5) is 16.7. The highest BCUT2D eigenvalue weighted by Crippen LogP contribution is 2.24. The highest BCUT2D eigenvalue weighted by atomic mass is 16.5. The van der Waals surface area contributed by atoms with Gasteiger partial charge in [-0.2, -0.15) is 0 Å². The molecule has 1 amide bonds. The Labute approximate surface area is 145 Å². The Kier molecular flexibility index (Phi) is 4.43. The predicted molar refractivity (Wildman–Crippen MR) is 91.9 cm³/mol. The first-order valence-corrected chi connectivity index (χ1v) is 8.48. The lowest BCUT2D eigenvalue weighted by Gasteiger charge is -2.21. The quantitative estimate of drug-likeness (QED) is 0.774. The van der Waals surface area contributed by atoms with Gasteiger partial charge < -0.3 is 14.6 Å². The summed E-state index contributed by atoms with van der Waals surface area (Å²) < 4.78 is 11.2. The minimum Gasteiger partial charge on any atom is -0.371 e. The van der Waals surface area contributed by atoms with Gasteiger partial charge in [-0.25, -0.2) is 4.98 Å².